The van der Waals surface area contributed by atoms with Gasteiger partial charge >= 0.3 is 0 Å². The van der Waals surface area contributed by atoms with Gasteiger partial charge in [-0.25, -0.2) is 4.39 Å². The zero-order valence-corrected chi connectivity index (χ0v) is 14.5. The summed E-state index contributed by atoms with van der Waals surface area (Å²) in [7, 11) is 0. The summed E-state index contributed by atoms with van der Waals surface area (Å²) in [4.78, 5) is 14.1. The SMILES string of the molecule is O=C(C[NH+](C1CCCCC1)C1CCCCC1)Nc1ccc(F)cc1. The molecular formula is C20H30FN2O+. The Morgan fingerprint density at radius 3 is 1.92 bits per heavy atom. The summed E-state index contributed by atoms with van der Waals surface area (Å²) in [6.07, 6.45) is 12.9. The molecule has 2 N–H and O–H groups in total. The highest BCUT2D eigenvalue weighted by Crippen LogP contribution is 2.20. The van der Waals surface area contributed by atoms with Gasteiger partial charge in [0.25, 0.3) is 5.91 Å². The monoisotopic (exact) mass is 333 g/mol. The maximum absolute atomic E-state index is 13.0. The van der Waals surface area contributed by atoms with Gasteiger partial charge in [0.1, 0.15) is 5.82 Å². The molecule has 2 aliphatic carbocycles. The van der Waals surface area contributed by atoms with Crippen LogP contribution in [0.2, 0.25) is 0 Å². The lowest BCUT2D eigenvalue weighted by molar-refractivity contribution is -0.944. The van der Waals surface area contributed by atoms with Crippen molar-refractivity contribution >= 4 is 11.6 Å². The third-order valence-electron chi connectivity index (χ3n) is 5.75. The number of anilines is 1. The molecule has 0 unspecified atom stereocenters. The summed E-state index contributed by atoms with van der Waals surface area (Å²) in [6, 6.07) is 7.33. The first-order chi connectivity index (χ1) is 11.7. The first-order valence-corrected chi connectivity index (χ1v) is 9.63. The molecule has 0 atom stereocenters. The van der Waals surface area contributed by atoms with E-state index in [2.05, 4.69) is 5.32 Å². The Morgan fingerprint density at radius 1 is 0.917 bits per heavy atom. The zero-order chi connectivity index (χ0) is 16.8. The minimum absolute atomic E-state index is 0.0627. The van der Waals surface area contributed by atoms with Crippen LogP contribution in [0.4, 0.5) is 10.1 Å². The average Bonchev–Trinajstić information content (AvgIpc) is 2.63. The van der Waals surface area contributed by atoms with Gasteiger partial charge in [0.2, 0.25) is 0 Å². The summed E-state index contributed by atoms with van der Waals surface area (Å²) < 4.78 is 13.0. The third-order valence-corrected chi connectivity index (χ3v) is 5.75. The summed E-state index contributed by atoms with van der Waals surface area (Å²) in [5.74, 6) is -0.211. The van der Waals surface area contributed by atoms with E-state index in [1.165, 1.54) is 81.2 Å². The van der Waals surface area contributed by atoms with E-state index in [0.717, 1.165) is 0 Å². The van der Waals surface area contributed by atoms with E-state index in [1.807, 2.05) is 0 Å². The van der Waals surface area contributed by atoms with Crippen LogP contribution in [0.3, 0.4) is 0 Å². The molecular weight excluding hydrogens is 303 g/mol. The Kier molecular flexibility index (Phi) is 6.24. The molecule has 3 rings (SSSR count). The van der Waals surface area contributed by atoms with E-state index in [1.54, 1.807) is 12.1 Å². The number of hydrogen-bond acceptors (Lipinski definition) is 1. The van der Waals surface area contributed by atoms with Crippen molar-refractivity contribution in [2.45, 2.75) is 76.3 Å². The zero-order valence-electron chi connectivity index (χ0n) is 14.5. The van der Waals surface area contributed by atoms with Crippen LogP contribution >= 0.6 is 0 Å². The van der Waals surface area contributed by atoms with Crippen molar-refractivity contribution in [2.24, 2.45) is 0 Å². The highest BCUT2D eigenvalue weighted by molar-refractivity contribution is 5.91. The van der Waals surface area contributed by atoms with Crippen LogP contribution in [0, 0.1) is 5.82 Å². The second-order valence-corrected chi connectivity index (χ2v) is 7.48. The Labute approximate surface area is 144 Å². The Balaban J connectivity index is 1.63. The molecule has 0 spiro atoms. The highest BCUT2D eigenvalue weighted by Gasteiger charge is 2.33. The van der Waals surface area contributed by atoms with Crippen molar-refractivity contribution in [1.29, 1.82) is 0 Å². The first kappa shape index (κ1) is 17.4. The van der Waals surface area contributed by atoms with Gasteiger partial charge in [-0.15, -0.1) is 0 Å². The number of hydrogen-bond donors (Lipinski definition) is 2. The van der Waals surface area contributed by atoms with Gasteiger partial charge in [-0.1, -0.05) is 12.8 Å². The number of carbonyl (C=O) groups is 1. The molecule has 24 heavy (non-hydrogen) atoms. The second-order valence-electron chi connectivity index (χ2n) is 7.48. The molecule has 0 radical (unpaired) electrons. The largest absolute Gasteiger partial charge is 0.322 e. The summed E-state index contributed by atoms with van der Waals surface area (Å²) in [6.45, 7) is 0.548. The van der Waals surface area contributed by atoms with Crippen molar-refractivity contribution in [3.8, 4) is 0 Å². The smallest absolute Gasteiger partial charge is 0.279 e. The summed E-state index contributed by atoms with van der Waals surface area (Å²) >= 11 is 0. The molecule has 2 saturated carbocycles. The topological polar surface area (TPSA) is 33.5 Å². The molecule has 4 heteroatoms. The number of rotatable bonds is 5. The number of halogens is 1. The molecule has 132 valence electrons. The molecule has 1 aromatic rings. The van der Waals surface area contributed by atoms with Gasteiger partial charge in [-0.05, 0) is 75.6 Å². The van der Waals surface area contributed by atoms with E-state index in [9.17, 15) is 9.18 Å². The predicted octanol–water partition coefficient (Wildman–Crippen LogP) is 3.31. The van der Waals surface area contributed by atoms with Crippen LogP contribution in [-0.2, 0) is 4.79 Å². The van der Waals surface area contributed by atoms with E-state index in [0.29, 0.717) is 24.3 Å². The van der Waals surface area contributed by atoms with Crippen LogP contribution in [-0.4, -0.2) is 24.5 Å². The van der Waals surface area contributed by atoms with E-state index in [-0.39, 0.29) is 11.7 Å². The van der Waals surface area contributed by atoms with Crippen molar-refractivity contribution < 1.29 is 14.1 Å². The lowest BCUT2D eigenvalue weighted by Crippen LogP contribution is -3.20. The lowest BCUT2D eigenvalue weighted by Gasteiger charge is -2.38. The van der Waals surface area contributed by atoms with Gasteiger partial charge in [0.05, 0.1) is 12.1 Å². The molecule has 0 saturated heterocycles. The molecule has 0 bridgehead atoms. The average molecular weight is 333 g/mol. The first-order valence-electron chi connectivity index (χ1n) is 9.63. The highest BCUT2D eigenvalue weighted by atomic mass is 19.1. The molecule has 1 amide bonds. The summed E-state index contributed by atoms with van der Waals surface area (Å²) in [5.41, 5.74) is 0.688. The van der Waals surface area contributed by atoms with E-state index >= 15 is 0 Å². The lowest BCUT2D eigenvalue weighted by atomic mass is 9.88. The van der Waals surface area contributed by atoms with Gasteiger partial charge in [0.15, 0.2) is 6.54 Å². The van der Waals surface area contributed by atoms with Crippen molar-refractivity contribution in [3.05, 3.63) is 30.1 Å². The van der Waals surface area contributed by atoms with Crippen molar-refractivity contribution in [2.75, 3.05) is 11.9 Å². The van der Waals surface area contributed by atoms with Gasteiger partial charge in [-0.2, -0.15) is 0 Å². The van der Waals surface area contributed by atoms with Crippen LogP contribution in [0.5, 0.6) is 0 Å². The van der Waals surface area contributed by atoms with Crippen LogP contribution in [0.1, 0.15) is 64.2 Å². The Bertz CT molecular complexity index is 501. The van der Waals surface area contributed by atoms with Crippen molar-refractivity contribution in [1.82, 2.24) is 0 Å². The van der Waals surface area contributed by atoms with Gasteiger partial charge in [-0.3, -0.25) is 4.79 Å². The number of amides is 1. The fourth-order valence-electron chi connectivity index (χ4n) is 4.49. The Morgan fingerprint density at radius 2 is 1.42 bits per heavy atom. The third kappa shape index (κ3) is 4.79. The maximum Gasteiger partial charge on any atom is 0.279 e. The van der Waals surface area contributed by atoms with Gasteiger partial charge in [0, 0.05) is 5.69 Å². The Hall–Kier alpha value is -1.42. The fraction of sp³-hybridized carbons (Fsp3) is 0.650. The molecule has 1 aromatic carbocycles. The minimum Gasteiger partial charge on any atom is -0.322 e. The quantitative estimate of drug-likeness (QED) is 0.851. The van der Waals surface area contributed by atoms with Crippen molar-refractivity contribution in [3.63, 3.8) is 0 Å². The number of benzene rings is 1. The molecule has 3 nitrogen and oxygen atoms in total. The predicted molar refractivity (Wildman–Crippen MR) is 94.6 cm³/mol. The van der Waals surface area contributed by atoms with Crippen LogP contribution < -0.4 is 10.2 Å². The summed E-state index contributed by atoms with van der Waals surface area (Å²) in [5, 5.41) is 2.95. The number of nitrogens with one attached hydrogen (secondary N) is 2. The van der Waals surface area contributed by atoms with Gasteiger partial charge < -0.3 is 10.2 Å². The minimum atomic E-state index is -0.273. The standard InChI is InChI=1S/C20H29FN2O/c21-16-11-13-17(14-12-16)22-20(24)15-23(18-7-3-1-4-8-18)19-9-5-2-6-10-19/h11-14,18-19H,1-10,15H2,(H,22,24)/p+1. The molecule has 0 aromatic heterocycles. The van der Waals surface area contributed by atoms with Crippen LogP contribution in [0.25, 0.3) is 0 Å². The second kappa shape index (κ2) is 8.61. The molecule has 2 fully saturated rings. The van der Waals surface area contributed by atoms with Crippen LogP contribution in [0.15, 0.2) is 24.3 Å². The van der Waals surface area contributed by atoms with E-state index in [4.69, 9.17) is 0 Å². The molecule has 0 aliphatic heterocycles. The maximum atomic E-state index is 13.0. The number of carbonyl (C=O) groups excluding carboxylic acids is 1. The van der Waals surface area contributed by atoms with E-state index < -0.39 is 0 Å². The fourth-order valence-corrected chi connectivity index (χ4v) is 4.49. The normalized spacial score (nSPS) is 20.2. The number of quaternary nitrogens is 1. The molecule has 0 heterocycles. The molecule has 2 aliphatic rings.